The van der Waals surface area contributed by atoms with Gasteiger partial charge in [-0.15, -0.1) is 0 Å². The predicted octanol–water partition coefficient (Wildman–Crippen LogP) is 4.78. The largest absolute Gasteiger partial charge is 0.495 e. The van der Waals surface area contributed by atoms with Gasteiger partial charge in [-0.3, -0.25) is 24.4 Å². The molecule has 3 amide bonds. The first-order valence-electron chi connectivity index (χ1n) is 20.2. The molecule has 0 aliphatic heterocycles. The Hall–Kier alpha value is -7.15. The first kappa shape index (κ1) is 43.4. The number of carbonyl (C=O) groups is 3. The van der Waals surface area contributed by atoms with Gasteiger partial charge < -0.3 is 35.4 Å². The summed E-state index contributed by atoms with van der Waals surface area (Å²) in [6.07, 6.45) is 6.26. The molecule has 0 aliphatic carbocycles. The highest BCUT2D eigenvalue weighted by molar-refractivity contribution is 6.12. The number of hydrogen-bond donors (Lipinski definition) is 4. The van der Waals surface area contributed by atoms with Crippen molar-refractivity contribution in [3.8, 4) is 23.1 Å². The van der Waals surface area contributed by atoms with Crippen LogP contribution in [-0.4, -0.2) is 93.7 Å². The summed E-state index contributed by atoms with van der Waals surface area (Å²) in [7, 11) is 3.38. The number of imidazole rings is 1. The van der Waals surface area contributed by atoms with Crippen molar-refractivity contribution in [3.05, 3.63) is 77.0 Å². The van der Waals surface area contributed by atoms with Gasteiger partial charge in [0.25, 0.3) is 5.91 Å². The summed E-state index contributed by atoms with van der Waals surface area (Å²) in [4.78, 5) is 57.6. The van der Waals surface area contributed by atoms with Gasteiger partial charge in [0.05, 0.1) is 30.4 Å². The van der Waals surface area contributed by atoms with Crippen LogP contribution in [0.2, 0.25) is 0 Å². The van der Waals surface area contributed by atoms with E-state index >= 15 is 0 Å². The van der Waals surface area contributed by atoms with Crippen LogP contribution in [-0.2, 0) is 26.2 Å². The summed E-state index contributed by atoms with van der Waals surface area (Å²) in [6, 6.07) is 8.20. The number of aromatic nitrogens is 10. The van der Waals surface area contributed by atoms with E-state index in [4.69, 9.17) is 30.9 Å². The molecule has 19 heteroatoms. The molecule has 0 saturated heterocycles. The molecule has 19 nitrogen and oxygen atoms in total. The number of ether oxygens (including phenoxy) is 2. The maximum Gasteiger partial charge on any atom is 0.276 e. The highest BCUT2D eigenvalue weighted by Gasteiger charge is 2.23. The van der Waals surface area contributed by atoms with Gasteiger partial charge in [-0.05, 0) is 78.0 Å². The van der Waals surface area contributed by atoms with E-state index in [1.54, 1.807) is 45.9 Å². The molecule has 7 rings (SSSR count). The first-order chi connectivity index (χ1) is 29.5. The number of primary amides is 2. The molecule has 0 fully saturated rings. The van der Waals surface area contributed by atoms with Crippen LogP contribution < -0.4 is 31.6 Å². The predicted molar refractivity (Wildman–Crippen MR) is 233 cm³/mol. The van der Waals surface area contributed by atoms with Gasteiger partial charge in [0.1, 0.15) is 34.2 Å². The van der Waals surface area contributed by atoms with Gasteiger partial charge in [-0.2, -0.15) is 10.2 Å². The Morgan fingerprint density at radius 3 is 2.18 bits per heavy atom. The average molecular weight is 833 g/mol. The van der Waals surface area contributed by atoms with E-state index in [0.717, 1.165) is 0 Å². The van der Waals surface area contributed by atoms with Gasteiger partial charge in [0, 0.05) is 54.3 Å². The van der Waals surface area contributed by atoms with E-state index in [0.29, 0.717) is 113 Å². The molecule has 0 aliphatic rings. The lowest BCUT2D eigenvalue weighted by Gasteiger charge is -2.13. The third-order valence-corrected chi connectivity index (χ3v) is 9.76. The maximum atomic E-state index is 13.8. The van der Waals surface area contributed by atoms with E-state index < -0.39 is 17.7 Å². The summed E-state index contributed by atoms with van der Waals surface area (Å²) >= 11 is 0. The molecule has 0 radical (unpaired) electrons. The molecule has 5 aromatic heterocycles. The number of fused-ring (bicyclic) bond motifs is 4. The molecule has 5 heterocycles. The first-order valence-corrected chi connectivity index (χ1v) is 20.2. The Labute approximate surface area is 352 Å². The molecule has 7 aromatic rings. The van der Waals surface area contributed by atoms with Crippen LogP contribution in [0.15, 0.2) is 48.7 Å². The van der Waals surface area contributed by atoms with Crippen molar-refractivity contribution >= 4 is 56.6 Å². The minimum Gasteiger partial charge on any atom is -0.495 e. The van der Waals surface area contributed by atoms with Crippen molar-refractivity contribution in [2.45, 2.75) is 74.1 Å². The number of aryl methyl sites for hydroxylation is 4. The molecule has 0 unspecified atom stereocenters. The lowest BCUT2D eigenvalue weighted by Crippen LogP contribution is -2.20. The zero-order valence-electron chi connectivity index (χ0n) is 35.7. The topological polar surface area (TPSA) is 243 Å². The Balaban J connectivity index is 0.00000307. The molecule has 6 N–H and O–H groups in total. The number of benzene rings is 2. The smallest absolute Gasteiger partial charge is 0.276 e. The Morgan fingerprint density at radius 2 is 1.51 bits per heavy atom. The van der Waals surface area contributed by atoms with Crippen LogP contribution in [0, 0.1) is 13.8 Å². The number of anilines is 1. The summed E-state index contributed by atoms with van der Waals surface area (Å²) in [5, 5.41) is 16.3. The van der Waals surface area contributed by atoms with Gasteiger partial charge in [0.2, 0.25) is 17.8 Å². The number of carbonyl (C=O) groups excluding carboxylic acids is 3. The monoisotopic (exact) mass is 832 g/mol. The molecule has 0 saturated carbocycles. The number of nitrogens with two attached hydrogens (primary N) is 2. The average Bonchev–Trinajstić information content (AvgIpc) is 4.02. The molecule has 2 aromatic carbocycles. The second-order valence-corrected chi connectivity index (χ2v) is 13.7. The van der Waals surface area contributed by atoms with Gasteiger partial charge >= 0.3 is 0 Å². The van der Waals surface area contributed by atoms with Crippen molar-refractivity contribution in [2.24, 2.45) is 11.5 Å². The molecule has 0 atom stereocenters. The highest BCUT2D eigenvalue weighted by atomic mass is 16.5. The van der Waals surface area contributed by atoms with Gasteiger partial charge in [-0.1, -0.05) is 26.0 Å². The van der Waals surface area contributed by atoms with Crippen molar-refractivity contribution in [1.82, 2.24) is 53.9 Å². The number of amides is 3. The number of nitrogens with zero attached hydrogens (tertiary/aromatic N) is 10. The number of rotatable bonds is 17. The van der Waals surface area contributed by atoms with Crippen LogP contribution in [0.4, 0.5) is 5.95 Å². The lowest BCUT2D eigenvalue weighted by molar-refractivity contribution is 0.0991. The van der Waals surface area contributed by atoms with Crippen molar-refractivity contribution < 1.29 is 23.9 Å². The van der Waals surface area contributed by atoms with E-state index in [2.05, 4.69) is 30.8 Å². The summed E-state index contributed by atoms with van der Waals surface area (Å²) in [5.74, 6) is 0.877. The van der Waals surface area contributed by atoms with Crippen molar-refractivity contribution in [3.63, 3.8) is 0 Å². The lowest BCUT2D eigenvalue weighted by atomic mass is 10.1. The Kier molecular flexibility index (Phi) is 13.4. The zero-order valence-corrected chi connectivity index (χ0v) is 35.7. The Morgan fingerprint density at radius 1 is 0.820 bits per heavy atom. The number of nitrogens with one attached hydrogen (secondary N) is 2. The minimum absolute atomic E-state index is 0.215. The quantitative estimate of drug-likeness (QED) is 0.0716. The fraction of sp³-hybridized carbons (Fsp3) is 0.357. The molecule has 61 heavy (non-hydrogen) atoms. The maximum absolute atomic E-state index is 13.8. The van der Waals surface area contributed by atoms with E-state index in [1.807, 2.05) is 69.9 Å². The van der Waals surface area contributed by atoms with E-state index in [-0.39, 0.29) is 23.6 Å². The summed E-state index contributed by atoms with van der Waals surface area (Å²) in [5.41, 5.74) is 15.2. The van der Waals surface area contributed by atoms with Crippen LogP contribution in [0.3, 0.4) is 0 Å². The third-order valence-electron chi connectivity index (χ3n) is 9.76. The van der Waals surface area contributed by atoms with Crippen LogP contribution in [0.5, 0.6) is 11.5 Å². The number of allylic oxidation sites excluding steroid dienone is 2. The fourth-order valence-corrected chi connectivity index (χ4v) is 7.07. The normalized spacial score (nSPS) is 11.4. The zero-order chi connectivity index (χ0) is 44.0. The van der Waals surface area contributed by atoms with Crippen LogP contribution in [0.1, 0.15) is 76.8 Å². The fourth-order valence-electron chi connectivity index (χ4n) is 7.07. The minimum atomic E-state index is -0.643. The van der Waals surface area contributed by atoms with Crippen molar-refractivity contribution in [2.75, 3.05) is 32.6 Å². The molecule has 0 bridgehead atoms. The molecular formula is C42H52N14O5. The van der Waals surface area contributed by atoms with Gasteiger partial charge in [-0.25, -0.2) is 24.6 Å². The number of hydrogen-bond acceptors (Lipinski definition) is 12. The second kappa shape index (κ2) is 18.8. The summed E-state index contributed by atoms with van der Waals surface area (Å²) in [6.45, 7) is 14.1. The van der Waals surface area contributed by atoms with E-state index in [1.165, 1.54) is 7.11 Å². The standard InChI is InChI=1S/C40H46N14O5.C2H6/c1-7-53-29(16-22(3)49-53)39(57)48-40-46-28-18-25(35(42)56)20-31(59-15-11-12-43-5)33(28)52(40)14-10-9-13-51-32-26(17-24(34(41)55)19-30(32)58-6)27-21-44-36(47-37(27)51)38-45-23(4)50-54(38)8-2;1-2/h9-10,16-21,43H,7-8,11-15H2,1-6H3,(H2,41,55)(H2,42,56)(H,46,48,57);1-2H3/b10-9+;. The third kappa shape index (κ3) is 8.77. The molecule has 0 spiro atoms. The van der Waals surface area contributed by atoms with Crippen LogP contribution >= 0.6 is 0 Å². The van der Waals surface area contributed by atoms with Gasteiger partial charge in [0.15, 0.2) is 11.6 Å². The number of methoxy groups -OCH3 is 1. The SMILES string of the molecule is CC.CCn1nc(C)cc1C(=O)Nc1nc2cc(C(N)=O)cc(OCCCNC)c2n1C/C=C/Cn1c2nc(-c3nc(C)nn3CC)ncc2c2cc(C(N)=O)cc(OC)c21. The molecular weight excluding hydrogens is 781 g/mol. The summed E-state index contributed by atoms with van der Waals surface area (Å²) < 4.78 is 19.2. The highest BCUT2D eigenvalue weighted by Crippen LogP contribution is 2.36. The van der Waals surface area contributed by atoms with Crippen molar-refractivity contribution in [1.29, 1.82) is 0 Å². The Bertz CT molecular complexity index is 2780. The molecule has 320 valence electrons. The van der Waals surface area contributed by atoms with Crippen LogP contribution in [0.25, 0.3) is 44.6 Å². The second-order valence-electron chi connectivity index (χ2n) is 13.7. The van der Waals surface area contributed by atoms with E-state index in [9.17, 15) is 14.4 Å².